The van der Waals surface area contributed by atoms with E-state index in [1.165, 1.54) is 7.11 Å². The molecule has 27 heavy (non-hydrogen) atoms. The van der Waals surface area contributed by atoms with Crippen molar-refractivity contribution in [1.82, 2.24) is 4.90 Å². The normalized spacial score (nSPS) is 27.1. The number of piperidine rings is 1. The van der Waals surface area contributed by atoms with Crippen LogP contribution in [0.1, 0.15) is 36.5 Å². The molecule has 2 fully saturated rings. The molecular formula is C20H26N2O5. The Hall–Kier alpha value is -2.41. The van der Waals surface area contributed by atoms with Crippen LogP contribution in [0, 0.1) is 17.3 Å². The van der Waals surface area contributed by atoms with Gasteiger partial charge >= 0.3 is 5.97 Å². The molecule has 0 spiro atoms. The first-order chi connectivity index (χ1) is 12.9. The summed E-state index contributed by atoms with van der Waals surface area (Å²) in [7, 11) is 1.47. The van der Waals surface area contributed by atoms with Crippen molar-refractivity contribution in [2.45, 2.75) is 26.2 Å². The van der Waals surface area contributed by atoms with Gasteiger partial charge in [-0.1, -0.05) is 13.0 Å². The standard InChI is InChI=1S/C20H26N2O5/c1-13-9-16(13)17(23)21-15-6-3-5-14(10-15)18(24)22-8-4-7-20(11-22,12-27-2)19(25)26/h3,5-6,10,13,16H,4,7-9,11-12H2,1-2H3,(H,21,23)(H,25,26). The zero-order valence-corrected chi connectivity index (χ0v) is 15.7. The lowest BCUT2D eigenvalue weighted by Gasteiger charge is -2.39. The Bertz CT molecular complexity index is 746. The van der Waals surface area contributed by atoms with Crippen molar-refractivity contribution < 1.29 is 24.2 Å². The van der Waals surface area contributed by atoms with Crippen LogP contribution in [0.15, 0.2) is 24.3 Å². The summed E-state index contributed by atoms with van der Waals surface area (Å²) in [5.41, 5.74) is -0.0463. The number of hydrogen-bond acceptors (Lipinski definition) is 4. The second kappa shape index (κ2) is 7.68. The van der Waals surface area contributed by atoms with Gasteiger partial charge in [-0.25, -0.2) is 0 Å². The van der Waals surface area contributed by atoms with E-state index in [0.29, 0.717) is 36.6 Å². The van der Waals surface area contributed by atoms with Gasteiger partial charge < -0.3 is 20.1 Å². The summed E-state index contributed by atoms with van der Waals surface area (Å²) in [5, 5.41) is 12.5. The summed E-state index contributed by atoms with van der Waals surface area (Å²) in [4.78, 5) is 38.4. The molecule has 0 aromatic heterocycles. The number of amides is 2. The predicted molar refractivity (Wildman–Crippen MR) is 99.4 cm³/mol. The number of nitrogens with one attached hydrogen (secondary N) is 1. The van der Waals surface area contributed by atoms with Crippen LogP contribution in [0.2, 0.25) is 0 Å². The minimum Gasteiger partial charge on any atom is -0.481 e. The number of carbonyl (C=O) groups is 3. The molecule has 2 aliphatic rings. The quantitative estimate of drug-likeness (QED) is 0.796. The highest BCUT2D eigenvalue weighted by atomic mass is 16.5. The third-order valence-corrected chi connectivity index (χ3v) is 5.56. The number of ether oxygens (including phenoxy) is 1. The minimum atomic E-state index is -1.07. The number of rotatable bonds is 6. The van der Waals surface area contributed by atoms with Crippen LogP contribution in [0.5, 0.6) is 0 Å². The number of aliphatic carboxylic acids is 1. The molecule has 1 saturated carbocycles. The van der Waals surface area contributed by atoms with E-state index >= 15 is 0 Å². The minimum absolute atomic E-state index is 0.0185. The molecule has 7 heteroatoms. The van der Waals surface area contributed by atoms with Gasteiger partial charge in [0.1, 0.15) is 5.41 Å². The molecule has 0 radical (unpaired) electrons. The van der Waals surface area contributed by atoms with Crippen LogP contribution >= 0.6 is 0 Å². The number of likely N-dealkylation sites (tertiary alicyclic amines) is 1. The first kappa shape index (κ1) is 19.4. The summed E-state index contributed by atoms with van der Waals surface area (Å²) in [6, 6.07) is 6.82. The van der Waals surface area contributed by atoms with Gasteiger partial charge in [-0.15, -0.1) is 0 Å². The highest BCUT2D eigenvalue weighted by Gasteiger charge is 2.44. The molecule has 1 aromatic carbocycles. The Labute approximate surface area is 158 Å². The van der Waals surface area contributed by atoms with Gasteiger partial charge in [0.05, 0.1) is 6.61 Å². The van der Waals surface area contributed by atoms with E-state index in [9.17, 15) is 19.5 Å². The molecule has 146 valence electrons. The van der Waals surface area contributed by atoms with Gasteiger partial charge in [-0.2, -0.15) is 0 Å². The largest absolute Gasteiger partial charge is 0.481 e. The second-order valence-corrected chi connectivity index (χ2v) is 7.74. The molecule has 0 bridgehead atoms. The molecule has 1 heterocycles. The molecule has 2 N–H and O–H groups in total. The molecule has 1 aliphatic carbocycles. The first-order valence-electron chi connectivity index (χ1n) is 9.29. The van der Waals surface area contributed by atoms with E-state index in [1.807, 2.05) is 6.92 Å². The van der Waals surface area contributed by atoms with Crippen LogP contribution in [0.3, 0.4) is 0 Å². The third kappa shape index (κ3) is 4.13. The van der Waals surface area contributed by atoms with Crippen LogP contribution < -0.4 is 5.32 Å². The number of carboxylic acids is 1. The van der Waals surface area contributed by atoms with Crippen molar-refractivity contribution in [2.24, 2.45) is 17.3 Å². The summed E-state index contributed by atoms with van der Waals surface area (Å²) in [6.45, 7) is 2.73. The highest BCUT2D eigenvalue weighted by Crippen LogP contribution is 2.38. The molecule has 3 rings (SSSR count). The molecule has 3 atom stereocenters. The Kier molecular flexibility index (Phi) is 5.51. The van der Waals surface area contributed by atoms with Crippen molar-refractivity contribution >= 4 is 23.5 Å². The van der Waals surface area contributed by atoms with Gasteiger partial charge in [0.15, 0.2) is 0 Å². The smallest absolute Gasteiger partial charge is 0.313 e. The maximum atomic E-state index is 12.9. The Morgan fingerprint density at radius 3 is 2.74 bits per heavy atom. The molecule has 1 saturated heterocycles. The lowest BCUT2D eigenvalue weighted by Crippen LogP contribution is -2.52. The summed E-state index contributed by atoms with van der Waals surface area (Å²) in [5.74, 6) is -0.728. The van der Waals surface area contributed by atoms with E-state index in [-0.39, 0.29) is 30.9 Å². The fourth-order valence-electron chi connectivity index (χ4n) is 3.77. The SMILES string of the molecule is COCC1(C(=O)O)CCCN(C(=O)c2cccc(NC(=O)C3CC3C)c2)C1. The van der Waals surface area contributed by atoms with E-state index in [2.05, 4.69) is 5.32 Å². The van der Waals surface area contributed by atoms with Gasteiger partial charge in [-0.3, -0.25) is 14.4 Å². The third-order valence-electron chi connectivity index (χ3n) is 5.56. The number of anilines is 1. The number of nitrogens with zero attached hydrogens (tertiary/aromatic N) is 1. The summed E-state index contributed by atoms with van der Waals surface area (Å²) in [6.07, 6.45) is 1.99. The van der Waals surface area contributed by atoms with Gasteiger partial charge in [0.25, 0.3) is 5.91 Å². The number of methoxy groups -OCH3 is 1. The van der Waals surface area contributed by atoms with Crippen LogP contribution in [0.4, 0.5) is 5.69 Å². The van der Waals surface area contributed by atoms with Gasteiger partial charge in [-0.05, 0) is 43.4 Å². The number of carboxylic acid groups (broad SMARTS) is 1. The maximum absolute atomic E-state index is 12.9. The number of carbonyl (C=O) groups excluding carboxylic acids is 2. The molecule has 2 amide bonds. The Morgan fingerprint density at radius 2 is 2.11 bits per heavy atom. The van der Waals surface area contributed by atoms with E-state index < -0.39 is 11.4 Å². The zero-order chi connectivity index (χ0) is 19.6. The highest BCUT2D eigenvalue weighted by molar-refractivity contribution is 5.98. The van der Waals surface area contributed by atoms with Crippen molar-refractivity contribution in [2.75, 3.05) is 32.1 Å². The fraction of sp³-hybridized carbons (Fsp3) is 0.550. The fourth-order valence-corrected chi connectivity index (χ4v) is 3.77. The van der Waals surface area contributed by atoms with Crippen molar-refractivity contribution in [1.29, 1.82) is 0 Å². The monoisotopic (exact) mass is 374 g/mol. The van der Waals surface area contributed by atoms with Crippen molar-refractivity contribution in [3.63, 3.8) is 0 Å². The average molecular weight is 374 g/mol. The molecule has 1 aliphatic heterocycles. The lowest BCUT2D eigenvalue weighted by molar-refractivity contribution is -0.155. The molecule has 1 aromatic rings. The molecular weight excluding hydrogens is 348 g/mol. The predicted octanol–water partition coefficient (Wildman–Crippen LogP) is 2.23. The van der Waals surface area contributed by atoms with Crippen LogP contribution in [0.25, 0.3) is 0 Å². The van der Waals surface area contributed by atoms with Gasteiger partial charge in [0, 0.05) is 37.4 Å². The Morgan fingerprint density at radius 1 is 1.37 bits per heavy atom. The van der Waals surface area contributed by atoms with Crippen LogP contribution in [-0.2, 0) is 14.3 Å². The van der Waals surface area contributed by atoms with E-state index in [4.69, 9.17) is 4.74 Å². The Balaban J connectivity index is 1.72. The average Bonchev–Trinajstić information content (AvgIpc) is 3.38. The van der Waals surface area contributed by atoms with Crippen LogP contribution in [-0.4, -0.2) is 54.6 Å². The molecule has 3 unspecified atom stereocenters. The van der Waals surface area contributed by atoms with Gasteiger partial charge in [0.2, 0.25) is 5.91 Å². The molecule has 7 nitrogen and oxygen atoms in total. The maximum Gasteiger partial charge on any atom is 0.313 e. The number of hydrogen-bond donors (Lipinski definition) is 2. The zero-order valence-electron chi connectivity index (χ0n) is 15.7. The van der Waals surface area contributed by atoms with Crippen molar-refractivity contribution in [3.05, 3.63) is 29.8 Å². The van der Waals surface area contributed by atoms with E-state index in [1.54, 1.807) is 29.2 Å². The summed E-state index contributed by atoms with van der Waals surface area (Å²) >= 11 is 0. The summed E-state index contributed by atoms with van der Waals surface area (Å²) < 4.78 is 5.11. The van der Waals surface area contributed by atoms with Crippen molar-refractivity contribution in [3.8, 4) is 0 Å². The van der Waals surface area contributed by atoms with E-state index in [0.717, 1.165) is 6.42 Å². The topological polar surface area (TPSA) is 95.9 Å². The number of benzene rings is 1. The lowest BCUT2D eigenvalue weighted by atomic mass is 9.80. The first-order valence-corrected chi connectivity index (χ1v) is 9.29. The second-order valence-electron chi connectivity index (χ2n) is 7.74.